The average molecular weight is 196 g/mol. The summed E-state index contributed by atoms with van der Waals surface area (Å²) in [7, 11) is 2.13. The molecule has 0 aliphatic rings. The standard InChI is InChI=1S/C11H20N2O/c1-13(7-4-2-3-6-12)9-11-5-8-14-10-11/h5,8,10H,2-4,6-7,9,12H2,1H3. The quantitative estimate of drug-likeness (QED) is 0.677. The van der Waals surface area contributed by atoms with E-state index in [1.807, 2.05) is 6.07 Å². The van der Waals surface area contributed by atoms with Crippen molar-refractivity contribution in [3.63, 3.8) is 0 Å². The van der Waals surface area contributed by atoms with Crippen molar-refractivity contribution < 1.29 is 4.42 Å². The Kier molecular flexibility index (Phi) is 5.33. The first-order valence-corrected chi connectivity index (χ1v) is 5.22. The Hall–Kier alpha value is -0.800. The molecule has 0 fully saturated rings. The van der Waals surface area contributed by atoms with Gasteiger partial charge in [0.05, 0.1) is 12.5 Å². The van der Waals surface area contributed by atoms with Crippen LogP contribution < -0.4 is 5.73 Å². The van der Waals surface area contributed by atoms with Gasteiger partial charge >= 0.3 is 0 Å². The Balaban J connectivity index is 2.07. The third-order valence-corrected chi connectivity index (χ3v) is 2.28. The zero-order valence-corrected chi connectivity index (χ0v) is 8.91. The topological polar surface area (TPSA) is 42.4 Å². The van der Waals surface area contributed by atoms with Gasteiger partial charge in [-0.1, -0.05) is 6.42 Å². The maximum absolute atomic E-state index is 5.43. The summed E-state index contributed by atoms with van der Waals surface area (Å²) in [6.07, 6.45) is 7.12. The number of furan rings is 1. The molecule has 1 aromatic rings. The Morgan fingerprint density at radius 1 is 1.36 bits per heavy atom. The van der Waals surface area contributed by atoms with Crippen LogP contribution in [0.3, 0.4) is 0 Å². The Morgan fingerprint density at radius 3 is 2.86 bits per heavy atom. The highest BCUT2D eigenvalue weighted by molar-refractivity contribution is 5.04. The molecule has 0 aliphatic carbocycles. The number of hydrogen-bond acceptors (Lipinski definition) is 3. The smallest absolute Gasteiger partial charge is 0.0947 e. The second-order valence-electron chi connectivity index (χ2n) is 3.72. The van der Waals surface area contributed by atoms with Gasteiger partial charge in [-0.2, -0.15) is 0 Å². The van der Waals surface area contributed by atoms with Gasteiger partial charge in [0.2, 0.25) is 0 Å². The van der Waals surface area contributed by atoms with Crippen molar-refractivity contribution >= 4 is 0 Å². The molecule has 3 heteroatoms. The van der Waals surface area contributed by atoms with Gasteiger partial charge in [0.15, 0.2) is 0 Å². The minimum Gasteiger partial charge on any atom is -0.472 e. The van der Waals surface area contributed by atoms with Crippen molar-refractivity contribution in [3.05, 3.63) is 24.2 Å². The van der Waals surface area contributed by atoms with E-state index in [0.29, 0.717) is 0 Å². The van der Waals surface area contributed by atoms with Crippen LogP contribution in [0.2, 0.25) is 0 Å². The summed E-state index contributed by atoms with van der Waals surface area (Å²) < 4.78 is 5.02. The van der Waals surface area contributed by atoms with Gasteiger partial charge in [0.25, 0.3) is 0 Å². The van der Waals surface area contributed by atoms with E-state index >= 15 is 0 Å². The summed E-state index contributed by atoms with van der Waals surface area (Å²) >= 11 is 0. The second kappa shape index (κ2) is 6.62. The highest BCUT2D eigenvalue weighted by Gasteiger charge is 2.00. The fourth-order valence-electron chi connectivity index (χ4n) is 1.48. The van der Waals surface area contributed by atoms with Gasteiger partial charge in [-0.05, 0) is 39.0 Å². The number of rotatable bonds is 7. The van der Waals surface area contributed by atoms with E-state index in [9.17, 15) is 0 Å². The number of hydrogen-bond donors (Lipinski definition) is 1. The van der Waals surface area contributed by atoms with Gasteiger partial charge in [-0.25, -0.2) is 0 Å². The molecule has 0 bridgehead atoms. The minimum absolute atomic E-state index is 0.811. The number of nitrogens with two attached hydrogens (primary N) is 1. The normalized spacial score (nSPS) is 11.1. The summed E-state index contributed by atoms with van der Waals surface area (Å²) in [5.41, 5.74) is 6.67. The molecule has 14 heavy (non-hydrogen) atoms. The maximum Gasteiger partial charge on any atom is 0.0947 e. The van der Waals surface area contributed by atoms with E-state index in [2.05, 4.69) is 11.9 Å². The molecule has 0 spiro atoms. The van der Waals surface area contributed by atoms with Gasteiger partial charge in [0, 0.05) is 12.1 Å². The summed E-state index contributed by atoms with van der Waals surface area (Å²) in [5, 5.41) is 0. The first-order chi connectivity index (χ1) is 6.83. The van der Waals surface area contributed by atoms with Crippen molar-refractivity contribution in [2.45, 2.75) is 25.8 Å². The summed E-state index contributed by atoms with van der Waals surface area (Å²) in [6.45, 7) is 2.91. The fourth-order valence-corrected chi connectivity index (χ4v) is 1.48. The lowest BCUT2D eigenvalue weighted by Crippen LogP contribution is -2.18. The highest BCUT2D eigenvalue weighted by Crippen LogP contribution is 2.05. The predicted molar refractivity (Wildman–Crippen MR) is 57.9 cm³/mol. The van der Waals surface area contributed by atoms with Crippen LogP contribution in [0.4, 0.5) is 0 Å². The number of nitrogens with zero attached hydrogens (tertiary/aromatic N) is 1. The molecule has 80 valence electrons. The molecule has 0 aromatic carbocycles. The van der Waals surface area contributed by atoms with Crippen LogP contribution in [-0.2, 0) is 6.54 Å². The number of unbranched alkanes of at least 4 members (excludes halogenated alkanes) is 2. The molecule has 0 saturated heterocycles. The van der Waals surface area contributed by atoms with Crippen LogP contribution in [0.5, 0.6) is 0 Å². The molecule has 0 unspecified atom stereocenters. The van der Waals surface area contributed by atoms with Crippen LogP contribution in [0, 0.1) is 0 Å². The van der Waals surface area contributed by atoms with Gasteiger partial charge in [0.1, 0.15) is 0 Å². The maximum atomic E-state index is 5.43. The van der Waals surface area contributed by atoms with E-state index in [-0.39, 0.29) is 0 Å². The minimum atomic E-state index is 0.811. The van der Waals surface area contributed by atoms with Gasteiger partial charge in [-0.15, -0.1) is 0 Å². The molecule has 1 rings (SSSR count). The van der Waals surface area contributed by atoms with Crippen molar-refractivity contribution in [2.75, 3.05) is 20.1 Å². The molecule has 3 nitrogen and oxygen atoms in total. The molecule has 0 saturated carbocycles. The summed E-state index contributed by atoms with van der Waals surface area (Å²) in [6, 6.07) is 2.01. The fraction of sp³-hybridized carbons (Fsp3) is 0.636. The Morgan fingerprint density at radius 2 is 2.21 bits per heavy atom. The lowest BCUT2D eigenvalue weighted by molar-refractivity contribution is 0.316. The predicted octanol–water partition coefficient (Wildman–Crippen LogP) is 1.84. The van der Waals surface area contributed by atoms with Crippen LogP contribution in [0.15, 0.2) is 23.0 Å². The monoisotopic (exact) mass is 196 g/mol. The van der Waals surface area contributed by atoms with E-state index < -0.39 is 0 Å². The summed E-state index contributed by atoms with van der Waals surface area (Å²) in [4.78, 5) is 2.31. The average Bonchev–Trinajstić information content (AvgIpc) is 2.65. The molecule has 1 aromatic heterocycles. The van der Waals surface area contributed by atoms with E-state index in [0.717, 1.165) is 26.1 Å². The molecular weight excluding hydrogens is 176 g/mol. The highest BCUT2D eigenvalue weighted by atomic mass is 16.3. The largest absolute Gasteiger partial charge is 0.472 e. The zero-order chi connectivity index (χ0) is 10.2. The van der Waals surface area contributed by atoms with Crippen LogP contribution in [-0.4, -0.2) is 25.0 Å². The Bertz CT molecular complexity index is 221. The third kappa shape index (κ3) is 4.44. The van der Waals surface area contributed by atoms with E-state index in [1.54, 1.807) is 12.5 Å². The van der Waals surface area contributed by atoms with Crippen molar-refractivity contribution in [1.29, 1.82) is 0 Å². The molecule has 0 radical (unpaired) electrons. The lowest BCUT2D eigenvalue weighted by atomic mass is 10.2. The van der Waals surface area contributed by atoms with Crippen LogP contribution in [0.1, 0.15) is 24.8 Å². The van der Waals surface area contributed by atoms with E-state index in [1.165, 1.54) is 18.4 Å². The third-order valence-electron chi connectivity index (χ3n) is 2.28. The van der Waals surface area contributed by atoms with Crippen molar-refractivity contribution in [3.8, 4) is 0 Å². The molecule has 0 amide bonds. The zero-order valence-electron chi connectivity index (χ0n) is 8.91. The molecule has 1 heterocycles. The molecule has 0 aliphatic heterocycles. The second-order valence-corrected chi connectivity index (χ2v) is 3.72. The molecular formula is C11H20N2O. The lowest BCUT2D eigenvalue weighted by Gasteiger charge is -2.14. The SMILES string of the molecule is CN(CCCCCN)Cc1ccoc1. The first-order valence-electron chi connectivity index (χ1n) is 5.22. The van der Waals surface area contributed by atoms with Gasteiger partial charge < -0.3 is 15.1 Å². The van der Waals surface area contributed by atoms with Crippen molar-refractivity contribution in [2.24, 2.45) is 5.73 Å². The van der Waals surface area contributed by atoms with Crippen LogP contribution >= 0.6 is 0 Å². The van der Waals surface area contributed by atoms with E-state index in [4.69, 9.17) is 10.2 Å². The van der Waals surface area contributed by atoms with Crippen LogP contribution in [0.25, 0.3) is 0 Å². The Labute approximate surface area is 85.9 Å². The molecule has 2 N–H and O–H groups in total. The van der Waals surface area contributed by atoms with Crippen molar-refractivity contribution in [1.82, 2.24) is 4.90 Å². The summed E-state index contributed by atoms with van der Waals surface area (Å²) in [5.74, 6) is 0. The van der Waals surface area contributed by atoms with Gasteiger partial charge in [-0.3, -0.25) is 0 Å². The first kappa shape index (κ1) is 11.3. The molecule has 0 atom stereocenters.